The third-order valence-corrected chi connectivity index (χ3v) is 4.49. The number of benzene rings is 1. The second-order valence-electron chi connectivity index (χ2n) is 5.31. The molecule has 1 aromatic rings. The van der Waals surface area contributed by atoms with E-state index in [1.165, 1.54) is 43.4 Å². The van der Waals surface area contributed by atoms with Crippen molar-refractivity contribution in [1.29, 1.82) is 0 Å². The van der Waals surface area contributed by atoms with E-state index in [0.29, 0.717) is 11.8 Å². The smallest absolute Gasteiger partial charge is 0.116 e. The number of hydrogen-bond acceptors (Lipinski definition) is 2. The summed E-state index contributed by atoms with van der Waals surface area (Å²) >= 11 is 0. The van der Waals surface area contributed by atoms with Crippen LogP contribution in [0.4, 0.5) is 5.69 Å². The van der Waals surface area contributed by atoms with Gasteiger partial charge in [0.1, 0.15) is 5.75 Å². The van der Waals surface area contributed by atoms with Crippen LogP contribution in [0, 0.1) is 0 Å². The highest BCUT2D eigenvalue weighted by Gasteiger charge is 2.44. The van der Waals surface area contributed by atoms with Crippen LogP contribution in [0.15, 0.2) is 18.2 Å². The van der Waals surface area contributed by atoms with E-state index in [1.807, 2.05) is 12.1 Å². The van der Waals surface area contributed by atoms with Gasteiger partial charge in [-0.25, -0.2) is 0 Å². The summed E-state index contributed by atoms with van der Waals surface area (Å²) in [6.07, 6.45) is 6.53. The zero-order valence-corrected chi connectivity index (χ0v) is 9.79. The van der Waals surface area contributed by atoms with Crippen molar-refractivity contribution in [2.75, 3.05) is 5.32 Å². The number of phenols is 1. The molecule has 0 aromatic heterocycles. The average molecular weight is 217 g/mol. The summed E-state index contributed by atoms with van der Waals surface area (Å²) in [7, 11) is 0. The molecule has 1 spiro atoms. The average Bonchev–Trinajstić information content (AvgIpc) is 2.55. The van der Waals surface area contributed by atoms with Crippen molar-refractivity contribution in [3.05, 3.63) is 23.8 Å². The normalized spacial score (nSPS) is 26.4. The lowest BCUT2D eigenvalue weighted by Gasteiger charge is -2.37. The Hall–Kier alpha value is -1.18. The van der Waals surface area contributed by atoms with Gasteiger partial charge in [0.15, 0.2) is 0 Å². The van der Waals surface area contributed by atoms with Gasteiger partial charge in [0.2, 0.25) is 0 Å². The number of aromatic hydroxyl groups is 1. The van der Waals surface area contributed by atoms with E-state index < -0.39 is 0 Å². The first-order valence-corrected chi connectivity index (χ1v) is 6.32. The van der Waals surface area contributed by atoms with Gasteiger partial charge in [0.05, 0.1) is 0 Å². The highest BCUT2D eigenvalue weighted by molar-refractivity contribution is 5.64. The van der Waals surface area contributed by atoms with Crippen molar-refractivity contribution < 1.29 is 5.11 Å². The third kappa shape index (κ3) is 1.25. The van der Waals surface area contributed by atoms with Gasteiger partial charge in [-0.1, -0.05) is 19.3 Å². The van der Waals surface area contributed by atoms with E-state index in [0.717, 1.165) is 0 Å². The molecule has 2 N–H and O–H groups in total. The van der Waals surface area contributed by atoms with Gasteiger partial charge in [-0.3, -0.25) is 0 Å². The van der Waals surface area contributed by atoms with E-state index in [-0.39, 0.29) is 5.41 Å². The Balaban J connectivity index is 2.09. The molecule has 0 saturated heterocycles. The Bertz CT molecular complexity index is 407. The lowest BCUT2D eigenvalue weighted by Crippen LogP contribution is -2.38. The first kappa shape index (κ1) is 10.0. The van der Waals surface area contributed by atoms with Crippen LogP contribution in [0.3, 0.4) is 0 Å². The van der Waals surface area contributed by atoms with Crippen molar-refractivity contribution in [1.82, 2.24) is 0 Å². The standard InChI is InChI=1S/C14H19NO/c1-10-14(7-3-2-4-8-14)12-9-11(16)5-6-13(12)15-10/h5-6,9-10,15-16H,2-4,7-8H2,1H3. The number of anilines is 1. The number of nitrogens with one attached hydrogen (secondary N) is 1. The first-order valence-electron chi connectivity index (χ1n) is 6.32. The van der Waals surface area contributed by atoms with E-state index in [9.17, 15) is 5.11 Å². The Labute approximate surface area is 96.7 Å². The van der Waals surface area contributed by atoms with Gasteiger partial charge in [-0.05, 0) is 43.5 Å². The van der Waals surface area contributed by atoms with Crippen molar-refractivity contribution >= 4 is 5.69 Å². The number of phenolic OH excluding ortho intramolecular Hbond substituents is 1. The molecule has 0 amide bonds. The summed E-state index contributed by atoms with van der Waals surface area (Å²) < 4.78 is 0. The highest BCUT2D eigenvalue weighted by atomic mass is 16.3. The topological polar surface area (TPSA) is 32.3 Å². The van der Waals surface area contributed by atoms with Crippen LogP contribution in [0.1, 0.15) is 44.6 Å². The van der Waals surface area contributed by atoms with Crippen LogP contribution in [0.25, 0.3) is 0 Å². The van der Waals surface area contributed by atoms with Gasteiger partial charge in [0.25, 0.3) is 0 Å². The van der Waals surface area contributed by atoms with Crippen LogP contribution >= 0.6 is 0 Å². The second-order valence-corrected chi connectivity index (χ2v) is 5.31. The monoisotopic (exact) mass is 217 g/mol. The van der Waals surface area contributed by atoms with Gasteiger partial charge in [0, 0.05) is 17.1 Å². The molecule has 0 bridgehead atoms. The predicted octanol–water partition coefficient (Wildman–Crippen LogP) is 3.41. The summed E-state index contributed by atoms with van der Waals surface area (Å²) in [5.41, 5.74) is 2.86. The Morgan fingerprint density at radius 2 is 2.00 bits per heavy atom. The van der Waals surface area contributed by atoms with Crippen molar-refractivity contribution in [3.8, 4) is 5.75 Å². The fourth-order valence-electron chi connectivity index (χ4n) is 3.56. The maximum Gasteiger partial charge on any atom is 0.116 e. The van der Waals surface area contributed by atoms with Crippen LogP contribution in [-0.2, 0) is 5.41 Å². The molecule has 1 aliphatic heterocycles. The van der Waals surface area contributed by atoms with Crippen LogP contribution in [0.2, 0.25) is 0 Å². The summed E-state index contributed by atoms with van der Waals surface area (Å²) in [6, 6.07) is 6.27. The molecule has 2 nitrogen and oxygen atoms in total. The molecule has 1 unspecified atom stereocenters. The first-order chi connectivity index (χ1) is 7.72. The van der Waals surface area contributed by atoms with E-state index in [4.69, 9.17) is 0 Å². The lowest BCUT2D eigenvalue weighted by molar-refractivity contribution is 0.276. The molecule has 1 fully saturated rings. The van der Waals surface area contributed by atoms with Gasteiger partial charge in [-0.15, -0.1) is 0 Å². The van der Waals surface area contributed by atoms with Crippen molar-refractivity contribution in [2.24, 2.45) is 0 Å². The van der Waals surface area contributed by atoms with Gasteiger partial charge < -0.3 is 10.4 Å². The van der Waals surface area contributed by atoms with Crippen LogP contribution < -0.4 is 5.32 Å². The van der Waals surface area contributed by atoms with E-state index in [1.54, 1.807) is 6.07 Å². The maximum absolute atomic E-state index is 9.67. The molecule has 0 radical (unpaired) electrons. The lowest BCUT2D eigenvalue weighted by atomic mass is 9.67. The van der Waals surface area contributed by atoms with E-state index >= 15 is 0 Å². The molecule has 3 rings (SSSR count). The molecule has 2 heteroatoms. The summed E-state index contributed by atoms with van der Waals surface area (Å²) in [4.78, 5) is 0. The molecule has 1 aliphatic carbocycles. The number of rotatable bonds is 0. The van der Waals surface area contributed by atoms with E-state index in [2.05, 4.69) is 12.2 Å². The minimum atomic E-state index is 0.284. The summed E-state index contributed by atoms with van der Waals surface area (Å²) in [5, 5.41) is 13.2. The minimum Gasteiger partial charge on any atom is -0.508 e. The van der Waals surface area contributed by atoms with Crippen molar-refractivity contribution in [2.45, 2.75) is 50.5 Å². The Kier molecular flexibility index (Phi) is 2.13. The minimum absolute atomic E-state index is 0.284. The zero-order chi connectivity index (χ0) is 11.2. The fourth-order valence-corrected chi connectivity index (χ4v) is 3.56. The molecule has 1 heterocycles. The zero-order valence-electron chi connectivity index (χ0n) is 9.79. The molecule has 1 aromatic carbocycles. The number of fused-ring (bicyclic) bond motifs is 2. The molecule has 16 heavy (non-hydrogen) atoms. The maximum atomic E-state index is 9.67. The highest BCUT2D eigenvalue weighted by Crippen LogP contribution is 2.50. The van der Waals surface area contributed by atoms with Crippen LogP contribution in [0.5, 0.6) is 5.75 Å². The largest absolute Gasteiger partial charge is 0.508 e. The molecular formula is C14H19NO. The van der Waals surface area contributed by atoms with Crippen LogP contribution in [-0.4, -0.2) is 11.1 Å². The van der Waals surface area contributed by atoms with Gasteiger partial charge in [-0.2, -0.15) is 0 Å². The summed E-state index contributed by atoms with van der Waals surface area (Å²) in [5.74, 6) is 0.402. The number of hydrogen-bond donors (Lipinski definition) is 2. The fraction of sp³-hybridized carbons (Fsp3) is 0.571. The van der Waals surface area contributed by atoms with Gasteiger partial charge >= 0.3 is 0 Å². The second kappa shape index (κ2) is 3.41. The molecule has 1 saturated carbocycles. The Morgan fingerprint density at radius 1 is 1.25 bits per heavy atom. The van der Waals surface area contributed by atoms with Crippen molar-refractivity contribution in [3.63, 3.8) is 0 Å². The quantitative estimate of drug-likeness (QED) is 0.653. The molecule has 1 atom stereocenters. The molecule has 2 aliphatic rings. The molecule has 86 valence electrons. The molecular weight excluding hydrogens is 198 g/mol. The third-order valence-electron chi connectivity index (χ3n) is 4.49. The SMILES string of the molecule is CC1Nc2ccc(O)cc2C12CCCCC2. The Morgan fingerprint density at radius 3 is 2.75 bits per heavy atom. The summed E-state index contributed by atoms with van der Waals surface area (Å²) in [6.45, 7) is 2.28. The predicted molar refractivity (Wildman–Crippen MR) is 66.0 cm³/mol.